The van der Waals surface area contributed by atoms with Crippen LogP contribution in [0, 0.1) is 0 Å². The summed E-state index contributed by atoms with van der Waals surface area (Å²) >= 11 is 0. The summed E-state index contributed by atoms with van der Waals surface area (Å²) in [5.41, 5.74) is 8.20. The van der Waals surface area contributed by atoms with E-state index >= 15 is 0 Å². The SMILES string of the molecule is CN1CCN(CC2=CS(=O)(=O)c3cc(CN)ccc32)CC1. The van der Waals surface area contributed by atoms with E-state index in [0.717, 1.165) is 42.9 Å². The summed E-state index contributed by atoms with van der Waals surface area (Å²) in [6.45, 7) is 5.06. The van der Waals surface area contributed by atoms with Gasteiger partial charge >= 0.3 is 0 Å². The molecule has 1 fully saturated rings. The molecular weight excluding hydrogens is 286 g/mol. The van der Waals surface area contributed by atoms with Gasteiger partial charge in [0, 0.05) is 44.7 Å². The highest BCUT2D eigenvalue weighted by atomic mass is 32.2. The molecule has 1 saturated heterocycles. The van der Waals surface area contributed by atoms with Gasteiger partial charge in [-0.1, -0.05) is 12.1 Å². The third kappa shape index (κ3) is 2.89. The van der Waals surface area contributed by atoms with Gasteiger partial charge in [-0.2, -0.15) is 0 Å². The minimum Gasteiger partial charge on any atom is -0.326 e. The molecule has 0 saturated carbocycles. The maximum absolute atomic E-state index is 12.3. The number of fused-ring (bicyclic) bond motifs is 1. The zero-order chi connectivity index (χ0) is 15.0. The predicted molar refractivity (Wildman–Crippen MR) is 83.4 cm³/mol. The van der Waals surface area contributed by atoms with Gasteiger partial charge in [0.2, 0.25) is 9.84 Å². The van der Waals surface area contributed by atoms with Gasteiger partial charge in [0.15, 0.2) is 0 Å². The van der Waals surface area contributed by atoms with E-state index in [1.54, 1.807) is 6.07 Å². The van der Waals surface area contributed by atoms with Crippen molar-refractivity contribution in [3.05, 3.63) is 34.7 Å². The van der Waals surface area contributed by atoms with Gasteiger partial charge in [0.25, 0.3) is 0 Å². The average molecular weight is 307 g/mol. The van der Waals surface area contributed by atoms with Crippen LogP contribution in [0.1, 0.15) is 11.1 Å². The molecule has 0 spiro atoms. The summed E-state index contributed by atoms with van der Waals surface area (Å²) in [6, 6.07) is 5.51. The fourth-order valence-electron chi connectivity index (χ4n) is 2.88. The molecule has 2 heterocycles. The quantitative estimate of drug-likeness (QED) is 0.882. The molecule has 2 aliphatic rings. The van der Waals surface area contributed by atoms with Crippen LogP contribution in [0.25, 0.3) is 5.57 Å². The van der Waals surface area contributed by atoms with Gasteiger partial charge in [-0.25, -0.2) is 8.42 Å². The first-order valence-corrected chi connectivity index (χ1v) is 8.74. The van der Waals surface area contributed by atoms with Crippen molar-refractivity contribution in [2.75, 3.05) is 39.8 Å². The first-order chi connectivity index (χ1) is 9.99. The van der Waals surface area contributed by atoms with Gasteiger partial charge < -0.3 is 10.6 Å². The highest BCUT2D eigenvalue weighted by Gasteiger charge is 2.28. The monoisotopic (exact) mass is 307 g/mol. The van der Waals surface area contributed by atoms with Crippen LogP contribution < -0.4 is 5.73 Å². The third-order valence-electron chi connectivity index (χ3n) is 4.22. The first kappa shape index (κ1) is 14.7. The number of nitrogens with two attached hydrogens (primary N) is 1. The van der Waals surface area contributed by atoms with Crippen LogP contribution in [-0.2, 0) is 16.4 Å². The number of nitrogens with zero attached hydrogens (tertiary/aromatic N) is 2. The zero-order valence-corrected chi connectivity index (χ0v) is 13.1. The lowest BCUT2D eigenvalue weighted by molar-refractivity contribution is 0.168. The summed E-state index contributed by atoms with van der Waals surface area (Å²) in [6.07, 6.45) is 0. The molecule has 0 bridgehead atoms. The third-order valence-corrected chi connectivity index (χ3v) is 5.77. The number of likely N-dealkylation sites (N-methyl/N-ethyl adjacent to an activating group) is 1. The second kappa shape index (κ2) is 5.53. The van der Waals surface area contributed by atoms with Crippen molar-refractivity contribution in [1.82, 2.24) is 9.80 Å². The average Bonchev–Trinajstić information content (AvgIpc) is 2.72. The van der Waals surface area contributed by atoms with Crippen LogP contribution in [-0.4, -0.2) is 58.0 Å². The summed E-state index contributed by atoms with van der Waals surface area (Å²) in [4.78, 5) is 5.01. The van der Waals surface area contributed by atoms with Crippen LogP contribution in [0.2, 0.25) is 0 Å². The molecule has 114 valence electrons. The topological polar surface area (TPSA) is 66.6 Å². The lowest BCUT2D eigenvalue weighted by Crippen LogP contribution is -2.44. The van der Waals surface area contributed by atoms with Gasteiger partial charge in [-0.15, -0.1) is 0 Å². The van der Waals surface area contributed by atoms with E-state index in [4.69, 9.17) is 5.73 Å². The molecule has 0 unspecified atom stereocenters. The highest BCUT2D eigenvalue weighted by Crippen LogP contribution is 2.34. The summed E-state index contributed by atoms with van der Waals surface area (Å²) < 4.78 is 24.6. The van der Waals surface area contributed by atoms with E-state index < -0.39 is 9.84 Å². The second-order valence-electron chi connectivity index (χ2n) is 5.80. The van der Waals surface area contributed by atoms with Crippen molar-refractivity contribution >= 4 is 15.4 Å². The Morgan fingerprint density at radius 1 is 1.19 bits per heavy atom. The Hall–Kier alpha value is -1.21. The van der Waals surface area contributed by atoms with Crippen molar-refractivity contribution in [2.24, 2.45) is 5.73 Å². The summed E-state index contributed by atoms with van der Waals surface area (Å²) in [5.74, 6) is 0. The Bertz CT molecular complexity index is 674. The van der Waals surface area contributed by atoms with Crippen LogP contribution in [0.15, 0.2) is 28.5 Å². The minimum absolute atomic E-state index is 0.358. The number of rotatable bonds is 3. The molecule has 2 aliphatic heterocycles. The van der Waals surface area contributed by atoms with Crippen molar-refractivity contribution in [1.29, 1.82) is 0 Å². The van der Waals surface area contributed by atoms with Crippen LogP contribution in [0.3, 0.4) is 0 Å². The van der Waals surface area contributed by atoms with E-state index in [1.807, 2.05) is 12.1 Å². The molecule has 2 N–H and O–H groups in total. The van der Waals surface area contributed by atoms with E-state index in [2.05, 4.69) is 16.8 Å². The molecule has 0 aliphatic carbocycles. The Morgan fingerprint density at radius 2 is 1.90 bits per heavy atom. The van der Waals surface area contributed by atoms with Crippen molar-refractivity contribution < 1.29 is 8.42 Å². The molecule has 0 atom stereocenters. The van der Waals surface area contributed by atoms with Crippen LogP contribution in [0.4, 0.5) is 0 Å². The molecule has 1 aromatic rings. The number of hydrogen-bond donors (Lipinski definition) is 1. The smallest absolute Gasteiger partial charge is 0.200 e. The molecule has 0 radical (unpaired) electrons. The number of piperazine rings is 1. The lowest BCUT2D eigenvalue weighted by atomic mass is 10.0. The molecule has 21 heavy (non-hydrogen) atoms. The molecule has 1 aromatic carbocycles. The van der Waals surface area contributed by atoms with E-state index in [9.17, 15) is 8.42 Å². The van der Waals surface area contributed by atoms with Crippen LogP contribution >= 0.6 is 0 Å². The Kier molecular flexibility index (Phi) is 3.88. The fourth-order valence-corrected chi connectivity index (χ4v) is 4.40. The summed E-state index contributed by atoms with van der Waals surface area (Å²) in [5, 5.41) is 1.43. The normalized spacial score (nSPS) is 22.1. The largest absolute Gasteiger partial charge is 0.326 e. The minimum atomic E-state index is -3.30. The van der Waals surface area contributed by atoms with Gasteiger partial charge in [0.05, 0.1) is 4.90 Å². The van der Waals surface area contributed by atoms with Gasteiger partial charge in [-0.3, -0.25) is 4.90 Å². The maximum Gasteiger partial charge on any atom is 0.200 e. The predicted octanol–water partition coefficient (Wildman–Crippen LogP) is 0.521. The maximum atomic E-state index is 12.3. The van der Waals surface area contributed by atoms with Gasteiger partial charge in [0.1, 0.15) is 0 Å². The Balaban J connectivity index is 1.85. The fraction of sp³-hybridized carbons (Fsp3) is 0.467. The molecular formula is C15H21N3O2S. The van der Waals surface area contributed by atoms with Crippen molar-refractivity contribution in [3.8, 4) is 0 Å². The number of benzene rings is 1. The van der Waals surface area contributed by atoms with Crippen molar-refractivity contribution in [2.45, 2.75) is 11.4 Å². The molecule has 3 rings (SSSR count). The van der Waals surface area contributed by atoms with E-state index in [0.29, 0.717) is 18.0 Å². The molecule has 6 heteroatoms. The van der Waals surface area contributed by atoms with Crippen LogP contribution in [0.5, 0.6) is 0 Å². The number of sulfone groups is 1. The molecule has 0 aromatic heterocycles. The zero-order valence-electron chi connectivity index (χ0n) is 12.2. The standard InChI is InChI=1S/C15H21N3O2S/c1-17-4-6-18(7-5-17)10-13-11-21(19,20)15-8-12(9-16)2-3-14(13)15/h2-3,8,11H,4-7,9-10,16H2,1H3. The van der Waals surface area contributed by atoms with Crippen molar-refractivity contribution in [3.63, 3.8) is 0 Å². The summed E-state index contributed by atoms with van der Waals surface area (Å²) in [7, 11) is -1.19. The van der Waals surface area contributed by atoms with E-state index in [-0.39, 0.29) is 0 Å². The molecule has 0 amide bonds. The lowest BCUT2D eigenvalue weighted by Gasteiger charge is -2.32. The van der Waals surface area contributed by atoms with E-state index in [1.165, 1.54) is 5.41 Å². The Labute approximate surface area is 125 Å². The number of hydrogen-bond acceptors (Lipinski definition) is 5. The van der Waals surface area contributed by atoms with Gasteiger partial charge in [-0.05, 0) is 29.8 Å². The Morgan fingerprint density at radius 3 is 2.57 bits per heavy atom. The second-order valence-corrected chi connectivity index (χ2v) is 7.57. The molecule has 5 nitrogen and oxygen atoms in total. The highest BCUT2D eigenvalue weighted by molar-refractivity contribution is 7.95. The first-order valence-electron chi connectivity index (χ1n) is 7.19.